The van der Waals surface area contributed by atoms with Gasteiger partial charge in [-0.1, -0.05) is 6.07 Å². The number of hydrogen-bond acceptors (Lipinski definition) is 7. The number of amides is 1. The number of aromatic nitrogens is 5. The highest BCUT2D eigenvalue weighted by Crippen LogP contribution is 2.37. The highest BCUT2D eigenvalue weighted by Gasteiger charge is 2.36. The second-order valence-corrected chi connectivity index (χ2v) is 10.1. The van der Waals surface area contributed by atoms with Gasteiger partial charge in [0.05, 0.1) is 28.2 Å². The first-order valence-corrected chi connectivity index (χ1v) is 12.2. The Labute approximate surface area is 222 Å². The minimum absolute atomic E-state index is 0.0110. The molecule has 0 saturated carbocycles. The van der Waals surface area contributed by atoms with Crippen LogP contribution in [0.4, 0.5) is 24.7 Å². The molecule has 202 valence electrons. The lowest BCUT2D eigenvalue weighted by atomic mass is 9.96. The van der Waals surface area contributed by atoms with E-state index >= 15 is 0 Å². The number of carbonyl (C=O) groups excluding carboxylic acids is 1. The van der Waals surface area contributed by atoms with Gasteiger partial charge in [-0.15, -0.1) is 0 Å². The van der Waals surface area contributed by atoms with Crippen LogP contribution in [0.2, 0.25) is 0 Å². The molecule has 1 aliphatic rings. The summed E-state index contributed by atoms with van der Waals surface area (Å²) in [5.74, 6) is 0.0881. The number of fused-ring (bicyclic) bond motifs is 1. The van der Waals surface area contributed by atoms with Crippen molar-refractivity contribution < 1.29 is 18.0 Å². The summed E-state index contributed by atoms with van der Waals surface area (Å²) in [5, 5.41) is 18.1. The average Bonchev–Trinajstić information content (AvgIpc) is 3.46. The Kier molecular flexibility index (Phi) is 6.21. The Hall–Kier alpha value is -4.60. The summed E-state index contributed by atoms with van der Waals surface area (Å²) >= 11 is 0. The number of alkyl halides is 3. The van der Waals surface area contributed by atoms with Crippen molar-refractivity contribution in [2.24, 2.45) is 0 Å². The van der Waals surface area contributed by atoms with E-state index in [-0.39, 0.29) is 17.4 Å². The van der Waals surface area contributed by atoms with E-state index in [1.165, 1.54) is 23.1 Å². The Balaban J connectivity index is 1.63. The fraction of sp³-hybridized carbons (Fsp3) is 0.346. The minimum Gasteiger partial charge on any atom is -0.382 e. The summed E-state index contributed by atoms with van der Waals surface area (Å²) in [4.78, 5) is 20.1. The van der Waals surface area contributed by atoms with Gasteiger partial charge >= 0.3 is 6.18 Å². The molecule has 13 heteroatoms. The predicted octanol–water partition coefficient (Wildman–Crippen LogP) is 3.72. The molecule has 0 atom stereocenters. The number of anilines is 2. The van der Waals surface area contributed by atoms with Crippen LogP contribution in [0.3, 0.4) is 0 Å². The summed E-state index contributed by atoms with van der Waals surface area (Å²) < 4.78 is 42.1. The number of nitrogen functional groups attached to an aromatic ring is 1. The lowest BCUT2D eigenvalue weighted by Crippen LogP contribution is -2.60. The monoisotopic (exact) mass is 537 g/mol. The number of nitrogens with zero attached hydrogens (tertiary/aromatic N) is 8. The molecular formula is C26H26F3N9O. The van der Waals surface area contributed by atoms with E-state index in [0.29, 0.717) is 53.2 Å². The van der Waals surface area contributed by atoms with Crippen LogP contribution in [-0.4, -0.2) is 66.5 Å². The molecule has 0 bridgehead atoms. The number of nitrogens with two attached hydrogens (primary N) is 1. The Morgan fingerprint density at radius 3 is 2.59 bits per heavy atom. The molecule has 10 nitrogen and oxygen atoms in total. The quantitative estimate of drug-likeness (QED) is 0.421. The van der Waals surface area contributed by atoms with Crippen molar-refractivity contribution in [1.82, 2.24) is 29.3 Å². The highest BCUT2D eigenvalue weighted by molar-refractivity contribution is 5.91. The fourth-order valence-corrected chi connectivity index (χ4v) is 5.32. The van der Waals surface area contributed by atoms with Crippen LogP contribution in [0.25, 0.3) is 28.0 Å². The lowest BCUT2D eigenvalue weighted by molar-refractivity contribution is -0.142. The molecule has 0 radical (unpaired) electrons. The summed E-state index contributed by atoms with van der Waals surface area (Å²) in [5.41, 5.74) is 9.07. The third kappa shape index (κ3) is 4.73. The van der Waals surface area contributed by atoms with Gasteiger partial charge in [0.2, 0.25) is 5.91 Å². The van der Waals surface area contributed by atoms with Crippen molar-refractivity contribution in [3.05, 3.63) is 48.4 Å². The standard InChI is InChI=1S/C26H26F3N9O/c1-16(39)36-9-8-35(13-25(36,2)3)21-10-17(4-5-18(21)12-30)22-11-19(23-24(31)32-15-34-38(22)23)20-6-7-33-37(20)14-26(27,28)29/h4-7,10-11,15H,8-9,13-14H2,1-3H3,(H2,31,32,34). The summed E-state index contributed by atoms with van der Waals surface area (Å²) in [6, 6.07) is 10.7. The van der Waals surface area contributed by atoms with Crippen LogP contribution >= 0.6 is 0 Å². The molecular weight excluding hydrogens is 511 g/mol. The number of carbonyl (C=O) groups is 1. The number of hydrogen-bond donors (Lipinski definition) is 1. The molecule has 1 amide bonds. The second kappa shape index (κ2) is 9.30. The Morgan fingerprint density at radius 1 is 1.15 bits per heavy atom. The lowest BCUT2D eigenvalue weighted by Gasteiger charge is -2.47. The third-order valence-corrected chi connectivity index (χ3v) is 6.94. The van der Waals surface area contributed by atoms with Crippen molar-refractivity contribution in [2.45, 2.75) is 39.0 Å². The Morgan fingerprint density at radius 2 is 1.92 bits per heavy atom. The van der Waals surface area contributed by atoms with Crippen LogP contribution in [0.15, 0.2) is 42.9 Å². The highest BCUT2D eigenvalue weighted by atomic mass is 19.4. The molecule has 4 heterocycles. The molecule has 0 unspecified atom stereocenters. The maximum absolute atomic E-state index is 13.2. The first-order valence-electron chi connectivity index (χ1n) is 12.2. The minimum atomic E-state index is -4.47. The van der Waals surface area contributed by atoms with Gasteiger partial charge in [-0.3, -0.25) is 9.48 Å². The normalized spacial score (nSPS) is 15.5. The van der Waals surface area contributed by atoms with E-state index in [9.17, 15) is 23.2 Å². The molecule has 39 heavy (non-hydrogen) atoms. The van der Waals surface area contributed by atoms with Crippen LogP contribution in [0.1, 0.15) is 26.3 Å². The molecule has 1 saturated heterocycles. The number of benzene rings is 1. The van der Waals surface area contributed by atoms with Gasteiger partial charge in [0.25, 0.3) is 0 Å². The van der Waals surface area contributed by atoms with Gasteiger partial charge in [0.15, 0.2) is 5.82 Å². The molecule has 5 rings (SSSR count). The number of halogens is 3. The number of nitriles is 1. The Bertz CT molecular complexity index is 1610. The van der Waals surface area contributed by atoms with Crippen LogP contribution in [0, 0.1) is 11.3 Å². The van der Waals surface area contributed by atoms with E-state index in [1.807, 2.05) is 24.8 Å². The molecule has 0 spiro atoms. The van der Waals surface area contributed by atoms with Gasteiger partial charge in [-0.25, -0.2) is 9.50 Å². The van der Waals surface area contributed by atoms with Crippen molar-refractivity contribution in [2.75, 3.05) is 30.3 Å². The van der Waals surface area contributed by atoms with Gasteiger partial charge in [0, 0.05) is 43.9 Å². The van der Waals surface area contributed by atoms with Gasteiger partial charge < -0.3 is 15.5 Å². The van der Waals surface area contributed by atoms with E-state index in [2.05, 4.69) is 26.2 Å². The second-order valence-electron chi connectivity index (χ2n) is 10.1. The SMILES string of the molecule is CC(=O)N1CCN(c2cc(-c3cc(-c4ccnn4CC(F)(F)F)c4c(N)ncnn34)ccc2C#N)CC1(C)C. The zero-order valence-corrected chi connectivity index (χ0v) is 21.6. The molecule has 0 aliphatic carbocycles. The zero-order chi connectivity index (χ0) is 28.1. The summed E-state index contributed by atoms with van der Waals surface area (Å²) in [6.07, 6.45) is -1.90. The summed E-state index contributed by atoms with van der Waals surface area (Å²) in [7, 11) is 0. The maximum atomic E-state index is 13.2. The van der Waals surface area contributed by atoms with E-state index in [0.717, 1.165) is 4.68 Å². The smallest absolute Gasteiger partial charge is 0.382 e. The fourth-order valence-electron chi connectivity index (χ4n) is 5.32. The maximum Gasteiger partial charge on any atom is 0.408 e. The van der Waals surface area contributed by atoms with E-state index in [4.69, 9.17) is 5.73 Å². The van der Waals surface area contributed by atoms with Crippen molar-refractivity contribution in [3.8, 4) is 28.6 Å². The molecule has 3 aromatic heterocycles. The third-order valence-electron chi connectivity index (χ3n) is 6.94. The number of piperazine rings is 1. The van der Waals surface area contributed by atoms with Crippen LogP contribution < -0.4 is 10.6 Å². The van der Waals surface area contributed by atoms with Gasteiger partial charge in [0.1, 0.15) is 24.5 Å². The van der Waals surface area contributed by atoms with Crippen molar-refractivity contribution >= 4 is 22.9 Å². The molecule has 1 aliphatic heterocycles. The predicted molar refractivity (Wildman–Crippen MR) is 139 cm³/mol. The number of rotatable bonds is 4. The van der Waals surface area contributed by atoms with E-state index < -0.39 is 18.3 Å². The molecule has 2 N–H and O–H groups in total. The van der Waals surface area contributed by atoms with Crippen molar-refractivity contribution in [3.63, 3.8) is 0 Å². The first-order chi connectivity index (χ1) is 18.4. The van der Waals surface area contributed by atoms with Crippen LogP contribution in [-0.2, 0) is 11.3 Å². The molecule has 1 aromatic carbocycles. The zero-order valence-electron chi connectivity index (χ0n) is 21.6. The van der Waals surface area contributed by atoms with Crippen molar-refractivity contribution in [1.29, 1.82) is 5.26 Å². The van der Waals surface area contributed by atoms with Gasteiger partial charge in [-0.2, -0.15) is 28.6 Å². The molecule has 4 aromatic rings. The van der Waals surface area contributed by atoms with Crippen LogP contribution in [0.5, 0.6) is 0 Å². The topological polar surface area (TPSA) is 121 Å². The largest absolute Gasteiger partial charge is 0.408 e. The molecule has 1 fully saturated rings. The average molecular weight is 538 g/mol. The van der Waals surface area contributed by atoms with Gasteiger partial charge in [-0.05, 0) is 38.1 Å². The first kappa shape index (κ1) is 26.0. The summed E-state index contributed by atoms with van der Waals surface area (Å²) in [6.45, 7) is 5.79. The van der Waals surface area contributed by atoms with E-state index in [1.54, 1.807) is 25.1 Å².